The van der Waals surface area contributed by atoms with Gasteiger partial charge in [-0.2, -0.15) is 33.4 Å². The number of sulfonamides is 1. The van der Waals surface area contributed by atoms with Gasteiger partial charge in [-0.05, 0) is 18.4 Å². The fourth-order valence-electron chi connectivity index (χ4n) is 1.20. The summed E-state index contributed by atoms with van der Waals surface area (Å²) >= 11 is 4.57. The summed E-state index contributed by atoms with van der Waals surface area (Å²) in [4.78, 5) is 4.35. The normalized spacial score (nSPS) is 13.5. The van der Waals surface area contributed by atoms with Crippen molar-refractivity contribution in [3.63, 3.8) is 0 Å². The molecular formula is C10H14F3N3O2S4. The Kier molecular flexibility index (Phi) is 7.49. The Balaban J connectivity index is 2.32. The number of rotatable bonds is 8. The van der Waals surface area contributed by atoms with Crippen LogP contribution < -0.4 is 5.73 Å². The summed E-state index contributed by atoms with van der Waals surface area (Å²) in [5.74, 6) is 0.571. The zero-order chi connectivity index (χ0) is 16.8. The number of nitrogens with zero attached hydrogens (tertiary/aromatic N) is 2. The second-order valence-electron chi connectivity index (χ2n) is 3.92. The van der Waals surface area contributed by atoms with Gasteiger partial charge in [0.05, 0.1) is 5.69 Å². The molecule has 0 aliphatic heterocycles. The van der Waals surface area contributed by atoms with Crippen LogP contribution >= 0.6 is 34.9 Å². The maximum Gasteiger partial charge on any atom is 0.518 e. The van der Waals surface area contributed by atoms with Crippen molar-refractivity contribution >= 4 is 50.7 Å². The van der Waals surface area contributed by atoms with E-state index in [-0.39, 0.29) is 6.42 Å². The van der Waals surface area contributed by atoms with Gasteiger partial charge in [0.2, 0.25) is 0 Å². The van der Waals surface area contributed by atoms with Crippen LogP contribution in [0, 0.1) is 0 Å². The molecule has 0 saturated heterocycles. The molecule has 1 heterocycles. The molecule has 0 spiro atoms. The summed E-state index contributed by atoms with van der Waals surface area (Å²) in [5, 5.41) is 1.96. The smallest absolute Gasteiger partial charge is 0.386 e. The van der Waals surface area contributed by atoms with Gasteiger partial charge in [0.25, 0.3) is 0 Å². The number of nitrogens with two attached hydrogens (primary N) is 1. The van der Waals surface area contributed by atoms with Crippen LogP contribution in [0.2, 0.25) is 0 Å². The van der Waals surface area contributed by atoms with Gasteiger partial charge in [-0.3, -0.25) is 0 Å². The molecule has 12 heteroatoms. The van der Waals surface area contributed by atoms with E-state index < -0.39 is 21.4 Å². The van der Waals surface area contributed by atoms with Crippen LogP contribution in [0.3, 0.4) is 0 Å². The number of aryl methyl sites for hydroxylation is 1. The van der Waals surface area contributed by atoms with Crippen molar-refractivity contribution in [2.75, 3.05) is 17.8 Å². The topological polar surface area (TPSA) is 85.4 Å². The highest BCUT2D eigenvalue weighted by atomic mass is 32.2. The van der Waals surface area contributed by atoms with Crippen LogP contribution in [-0.2, 0) is 16.4 Å². The molecular weight excluding hydrogens is 379 g/mol. The number of halogens is 3. The molecule has 0 fully saturated rings. The van der Waals surface area contributed by atoms with Crippen molar-refractivity contribution in [2.45, 2.75) is 22.7 Å². The molecule has 126 valence electrons. The average Bonchev–Trinajstić information content (AvgIpc) is 2.84. The van der Waals surface area contributed by atoms with Crippen LogP contribution in [0.1, 0.15) is 12.1 Å². The molecule has 0 atom stereocenters. The van der Waals surface area contributed by atoms with Crippen molar-refractivity contribution in [1.82, 2.24) is 4.98 Å². The Morgan fingerprint density at radius 2 is 2.14 bits per heavy atom. The maximum atomic E-state index is 12.1. The summed E-state index contributed by atoms with van der Waals surface area (Å²) in [5.41, 5.74) is 0.764. The van der Waals surface area contributed by atoms with Crippen molar-refractivity contribution in [2.24, 2.45) is 10.1 Å². The van der Waals surface area contributed by atoms with E-state index in [1.54, 1.807) is 23.1 Å². The SMILES string of the molecule is CSc1nc(CCSCC/C(N)=N/S(=O)(=O)C(F)(F)F)cs1. The number of hydrogen-bond acceptors (Lipinski definition) is 6. The van der Waals surface area contributed by atoms with Gasteiger partial charge < -0.3 is 5.73 Å². The highest BCUT2D eigenvalue weighted by molar-refractivity contribution is 8.00. The zero-order valence-corrected chi connectivity index (χ0v) is 14.7. The molecule has 1 rings (SSSR count). The van der Waals surface area contributed by atoms with Gasteiger partial charge >= 0.3 is 15.5 Å². The second kappa shape index (κ2) is 8.41. The Morgan fingerprint density at radius 3 is 2.68 bits per heavy atom. The summed E-state index contributed by atoms with van der Waals surface area (Å²) in [6.07, 6.45) is 2.65. The lowest BCUT2D eigenvalue weighted by Crippen LogP contribution is -2.25. The predicted molar refractivity (Wildman–Crippen MR) is 86.1 cm³/mol. The van der Waals surface area contributed by atoms with E-state index in [1.807, 2.05) is 11.6 Å². The highest BCUT2D eigenvalue weighted by Crippen LogP contribution is 2.24. The van der Waals surface area contributed by atoms with Crippen molar-refractivity contribution in [1.29, 1.82) is 0 Å². The summed E-state index contributed by atoms with van der Waals surface area (Å²) in [6, 6.07) is 0. The van der Waals surface area contributed by atoms with Gasteiger partial charge in [0.1, 0.15) is 10.2 Å². The average molecular weight is 394 g/mol. The number of amidine groups is 1. The third-order valence-electron chi connectivity index (χ3n) is 2.24. The minimum absolute atomic E-state index is 0.0207. The van der Waals surface area contributed by atoms with Gasteiger partial charge in [-0.15, -0.1) is 15.7 Å². The fraction of sp³-hybridized carbons (Fsp3) is 0.600. The number of aromatic nitrogens is 1. The maximum absolute atomic E-state index is 12.1. The molecule has 0 aliphatic carbocycles. The van der Waals surface area contributed by atoms with E-state index in [9.17, 15) is 21.6 Å². The molecule has 1 aromatic heterocycles. The Labute approximate surface area is 139 Å². The Bertz CT molecular complexity index is 613. The molecule has 0 radical (unpaired) electrons. The highest BCUT2D eigenvalue weighted by Gasteiger charge is 2.46. The molecule has 0 bridgehead atoms. The Hall–Kier alpha value is -0.460. The first kappa shape index (κ1) is 19.6. The molecule has 2 N–H and O–H groups in total. The first-order valence-corrected chi connectivity index (χ1v) is 10.6. The van der Waals surface area contributed by atoms with Gasteiger partial charge in [-0.1, -0.05) is 11.8 Å². The van der Waals surface area contributed by atoms with Crippen LogP contribution in [-0.4, -0.2) is 42.5 Å². The van der Waals surface area contributed by atoms with E-state index in [2.05, 4.69) is 9.38 Å². The summed E-state index contributed by atoms with van der Waals surface area (Å²) in [7, 11) is -5.54. The minimum Gasteiger partial charge on any atom is -0.386 e. The molecule has 0 aliphatic rings. The van der Waals surface area contributed by atoms with Crippen molar-refractivity contribution < 1.29 is 21.6 Å². The molecule has 1 aromatic rings. The van der Waals surface area contributed by atoms with E-state index in [1.165, 1.54) is 11.8 Å². The third kappa shape index (κ3) is 6.34. The van der Waals surface area contributed by atoms with E-state index in [0.29, 0.717) is 5.75 Å². The molecule has 22 heavy (non-hydrogen) atoms. The van der Waals surface area contributed by atoms with Gasteiger partial charge in [0.15, 0.2) is 0 Å². The fourth-order valence-corrected chi connectivity index (χ4v) is 3.93. The monoisotopic (exact) mass is 393 g/mol. The lowest BCUT2D eigenvalue weighted by atomic mass is 10.4. The van der Waals surface area contributed by atoms with Gasteiger partial charge in [-0.25, -0.2) is 4.98 Å². The van der Waals surface area contributed by atoms with Crippen LogP contribution in [0.5, 0.6) is 0 Å². The van der Waals surface area contributed by atoms with E-state index in [4.69, 9.17) is 5.73 Å². The number of hydrogen-bond donors (Lipinski definition) is 1. The minimum atomic E-state index is -5.54. The number of thioether (sulfide) groups is 2. The Morgan fingerprint density at radius 1 is 1.45 bits per heavy atom. The quantitative estimate of drug-likeness (QED) is 0.316. The third-order valence-corrected chi connectivity index (χ3v) is 6.20. The molecule has 5 nitrogen and oxygen atoms in total. The van der Waals surface area contributed by atoms with Gasteiger partial charge in [0, 0.05) is 17.6 Å². The predicted octanol–water partition coefficient (Wildman–Crippen LogP) is 2.74. The molecule has 0 amide bonds. The van der Waals surface area contributed by atoms with E-state index in [0.717, 1.165) is 22.2 Å². The zero-order valence-electron chi connectivity index (χ0n) is 11.5. The first-order valence-electron chi connectivity index (χ1n) is 5.87. The lowest BCUT2D eigenvalue weighted by molar-refractivity contribution is -0.0435. The van der Waals surface area contributed by atoms with Crippen molar-refractivity contribution in [3.05, 3.63) is 11.1 Å². The number of alkyl halides is 3. The molecule has 0 aromatic carbocycles. The summed E-state index contributed by atoms with van der Waals surface area (Å²) in [6.45, 7) is 0. The van der Waals surface area contributed by atoms with Crippen LogP contribution in [0.4, 0.5) is 13.2 Å². The molecule has 0 saturated carbocycles. The first-order chi connectivity index (χ1) is 10.2. The standard InChI is InChI=1S/C10H14F3N3O2S4/c1-19-9-15-7(6-21-9)2-4-20-5-3-8(14)16-22(17,18)10(11,12)13/h6H,2-5H2,1H3,(H2,14,16). The van der Waals surface area contributed by atoms with Crippen molar-refractivity contribution in [3.8, 4) is 0 Å². The van der Waals surface area contributed by atoms with E-state index >= 15 is 0 Å². The van der Waals surface area contributed by atoms with Crippen LogP contribution in [0.25, 0.3) is 0 Å². The summed E-state index contributed by atoms with van der Waals surface area (Å²) < 4.78 is 61.3. The van der Waals surface area contributed by atoms with Crippen LogP contribution in [0.15, 0.2) is 14.1 Å². The lowest BCUT2D eigenvalue weighted by Gasteiger charge is -2.04. The molecule has 0 unspecified atom stereocenters. The second-order valence-corrected chi connectivity index (χ2v) is 8.66. The number of thiazole rings is 1. The largest absolute Gasteiger partial charge is 0.518 e.